The number of ether oxygens (including phenoxy) is 1. The number of aromatic nitrogens is 2. The van der Waals surface area contributed by atoms with Gasteiger partial charge < -0.3 is 20.8 Å². The zero-order valence-electron chi connectivity index (χ0n) is 10.5. The second-order valence-corrected chi connectivity index (χ2v) is 3.90. The highest BCUT2D eigenvalue weighted by molar-refractivity contribution is 6.04. The molecule has 2 aromatic rings. The molecule has 0 unspecified atom stereocenters. The van der Waals surface area contributed by atoms with Crippen molar-refractivity contribution < 1.29 is 9.53 Å². The molecule has 0 saturated carbocycles. The van der Waals surface area contributed by atoms with E-state index in [9.17, 15) is 14.4 Å². The maximum Gasteiger partial charge on any atom is 0.325 e. The fourth-order valence-electron chi connectivity index (χ4n) is 1.59. The molecule has 1 aromatic carbocycles. The van der Waals surface area contributed by atoms with Crippen LogP contribution in [0.2, 0.25) is 0 Å². The Kier molecular flexibility index (Phi) is 3.56. The Morgan fingerprint density at radius 3 is 2.70 bits per heavy atom. The molecule has 0 radical (unpaired) electrons. The van der Waals surface area contributed by atoms with Crippen molar-refractivity contribution in [2.45, 2.75) is 0 Å². The van der Waals surface area contributed by atoms with Gasteiger partial charge in [0.25, 0.3) is 11.5 Å². The summed E-state index contributed by atoms with van der Waals surface area (Å²) in [4.78, 5) is 38.4. The van der Waals surface area contributed by atoms with E-state index >= 15 is 0 Å². The number of nitrogen functional groups attached to an aromatic ring is 1. The van der Waals surface area contributed by atoms with E-state index in [1.807, 2.05) is 4.98 Å². The third-order valence-corrected chi connectivity index (χ3v) is 2.55. The van der Waals surface area contributed by atoms with Crippen LogP contribution >= 0.6 is 0 Å². The summed E-state index contributed by atoms with van der Waals surface area (Å²) in [6, 6.07) is 4.66. The Bertz CT molecular complexity index is 763. The van der Waals surface area contributed by atoms with Gasteiger partial charge in [-0.15, -0.1) is 0 Å². The molecule has 0 bridgehead atoms. The summed E-state index contributed by atoms with van der Waals surface area (Å²) in [7, 11) is 1.48. The van der Waals surface area contributed by atoms with E-state index < -0.39 is 17.2 Å². The Labute approximate surface area is 112 Å². The Morgan fingerprint density at radius 2 is 2.10 bits per heavy atom. The fourth-order valence-corrected chi connectivity index (χ4v) is 1.59. The predicted octanol–water partition coefficient (Wildman–Crippen LogP) is -0.0937. The molecular weight excluding hydrogens is 264 g/mol. The number of aromatic amines is 2. The molecule has 0 aliphatic carbocycles. The third-order valence-electron chi connectivity index (χ3n) is 2.55. The minimum atomic E-state index is -0.771. The summed E-state index contributed by atoms with van der Waals surface area (Å²) < 4.78 is 4.99. The first kappa shape index (κ1) is 13.4. The number of H-pyrrole nitrogens is 2. The van der Waals surface area contributed by atoms with Gasteiger partial charge in [0.05, 0.1) is 12.8 Å². The van der Waals surface area contributed by atoms with Gasteiger partial charge in [-0.25, -0.2) is 4.79 Å². The lowest BCUT2D eigenvalue weighted by Gasteiger charge is -2.08. The van der Waals surface area contributed by atoms with Crippen LogP contribution < -0.4 is 27.0 Å². The van der Waals surface area contributed by atoms with E-state index in [4.69, 9.17) is 10.5 Å². The Morgan fingerprint density at radius 1 is 1.35 bits per heavy atom. The van der Waals surface area contributed by atoms with Gasteiger partial charge in [0.1, 0.15) is 11.3 Å². The molecule has 0 spiro atoms. The first-order chi connectivity index (χ1) is 9.51. The van der Waals surface area contributed by atoms with Crippen LogP contribution in [-0.2, 0) is 0 Å². The van der Waals surface area contributed by atoms with E-state index in [2.05, 4.69) is 10.3 Å². The third kappa shape index (κ3) is 2.69. The van der Waals surface area contributed by atoms with Gasteiger partial charge >= 0.3 is 5.69 Å². The summed E-state index contributed by atoms with van der Waals surface area (Å²) in [6.45, 7) is 0. The number of anilines is 2. The van der Waals surface area contributed by atoms with Gasteiger partial charge in [0.2, 0.25) is 0 Å². The molecule has 104 valence electrons. The molecule has 1 heterocycles. The van der Waals surface area contributed by atoms with E-state index in [0.717, 1.165) is 6.20 Å². The van der Waals surface area contributed by atoms with Crippen LogP contribution in [0.1, 0.15) is 10.4 Å². The number of hydrogen-bond donors (Lipinski definition) is 4. The molecule has 0 fully saturated rings. The van der Waals surface area contributed by atoms with Crippen LogP contribution in [0.5, 0.6) is 5.75 Å². The SMILES string of the molecule is COc1ccc(NC(=O)c2c[nH]c(=O)[nH]c2=O)cc1N. The maximum absolute atomic E-state index is 11.9. The summed E-state index contributed by atoms with van der Waals surface area (Å²) in [6.07, 6.45) is 1.05. The van der Waals surface area contributed by atoms with Crippen LogP contribution in [-0.4, -0.2) is 23.0 Å². The average Bonchev–Trinajstić information content (AvgIpc) is 2.38. The van der Waals surface area contributed by atoms with E-state index in [1.54, 1.807) is 12.1 Å². The number of rotatable bonds is 3. The highest BCUT2D eigenvalue weighted by atomic mass is 16.5. The van der Waals surface area contributed by atoms with Crippen LogP contribution in [0.3, 0.4) is 0 Å². The Balaban J connectivity index is 2.25. The average molecular weight is 276 g/mol. The van der Waals surface area contributed by atoms with Crippen molar-refractivity contribution in [2.24, 2.45) is 0 Å². The van der Waals surface area contributed by atoms with Gasteiger partial charge in [0, 0.05) is 11.9 Å². The molecule has 5 N–H and O–H groups in total. The topological polar surface area (TPSA) is 130 Å². The number of amides is 1. The lowest BCUT2D eigenvalue weighted by atomic mass is 10.2. The molecule has 0 aliphatic heterocycles. The quantitative estimate of drug-likeness (QED) is 0.582. The highest BCUT2D eigenvalue weighted by Crippen LogP contribution is 2.24. The normalized spacial score (nSPS) is 10.1. The lowest BCUT2D eigenvalue weighted by molar-refractivity contribution is 0.102. The van der Waals surface area contributed by atoms with Crippen LogP contribution in [0.4, 0.5) is 11.4 Å². The van der Waals surface area contributed by atoms with Gasteiger partial charge in [-0.1, -0.05) is 0 Å². The van der Waals surface area contributed by atoms with Crippen molar-refractivity contribution in [3.63, 3.8) is 0 Å². The van der Waals surface area contributed by atoms with E-state index in [0.29, 0.717) is 17.1 Å². The predicted molar refractivity (Wildman–Crippen MR) is 73.0 cm³/mol. The van der Waals surface area contributed by atoms with E-state index in [-0.39, 0.29) is 5.56 Å². The monoisotopic (exact) mass is 276 g/mol. The zero-order valence-corrected chi connectivity index (χ0v) is 10.5. The lowest BCUT2D eigenvalue weighted by Crippen LogP contribution is -2.29. The molecule has 2 rings (SSSR count). The van der Waals surface area contributed by atoms with Crippen molar-refractivity contribution in [2.75, 3.05) is 18.2 Å². The molecule has 0 aliphatic rings. The minimum Gasteiger partial charge on any atom is -0.495 e. The second kappa shape index (κ2) is 5.31. The van der Waals surface area contributed by atoms with E-state index in [1.165, 1.54) is 13.2 Å². The number of carbonyl (C=O) groups is 1. The number of hydrogen-bond acceptors (Lipinski definition) is 5. The van der Waals surface area contributed by atoms with Crippen molar-refractivity contribution in [3.8, 4) is 5.75 Å². The summed E-state index contributed by atoms with van der Waals surface area (Å²) in [5.41, 5.74) is 4.79. The molecule has 20 heavy (non-hydrogen) atoms. The first-order valence-electron chi connectivity index (χ1n) is 5.58. The fraction of sp³-hybridized carbons (Fsp3) is 0.0833. The van der Waals surface area contributed by atoms with Crippen molar-refractivity contribution in [3.05, 3.63) is 50.8 Å². The molecule has 0 atom stereocenters. The van der Waals surface area contributed by atoms with Crippen molar-refractivity contribution in [1.82, 2.24) is 9.97 Å². The summed E-state index contributed by atoms with van der Waals surface area (Å²) in [5, 5.41) is 2.49. The molecule has 0 saturated heterocycles. The van der Waals surface area contributed by atoms with Gasteiger partial charge in [0.15, 0.2) is 0 Å². The van der Waals surface area contributed by atoms with Gasteiger partial charge in [-0.3, -0.25) is 14.6 Å². The standard InChI is InChI=1S/C12H12N4O4/c1-20-9-3-2-6(4-8(9)13)15-10(17)7-5-14-12(19)16-11(7)18/h2-5H,13H2,1H3,(H,15,17)(H2,14,16,18,19). The maximum atomic E-state index is 11.9. The zero-order chi connectivity index (χ0) is 14.7. The smallest absolute Gasteiger partial charge is 0.325 e. The highest BCUT2D eigenvalue weighted by Gasteiger charge is 2.11. The molecule has 8 heteroatoms. The van der Waals surface area contributed by atoms with Crippen molar-refractivity contribution >= 4 is 17.3 Å². The molecule has 1 aromatic heterocycles. The number of methoxy groups -OCH3 is 1. The number of benzene rings is 1. The molecule has 8 nitrogen and oxygen atoms in total. The van der Waals surface area contributed by atoms with Crippen LogP contribution in [0.25, 0.3) is 0 Å². The molecular formula is C12H12N4O4. The number of carbonyl (C=O) groups excluding carboxylic acids is 1. The first-order valence-corrected chi connectivity index (χ1v) is 5.58. The second-order valence-electron chi connectivity index (χ2n) is 3.90. The Hall–Kier alpha value is -3.03. The van der Waals surface area contributed by atoms with Crippen LogP contribution in [0, 0.1) is 0 Å². The minimum absolute atomic E-state index is 0.209. The largest absolute Gasteiger partial charge is 0.495 e. The number of nitrogens with two attached hydrogens (primary N) is 1. The summed E-state index contributed by atoms with van der Waals surface area (Å²) >= 11 is 0. The number of nitrogens with one attached hydrogen (secondary N) is 3. The summed E-state index contributed by atoms with van der Waals surface area (Å²) in [5.74, 6) is -0.183. The van der Waals surface area contributed by atoms with Crippen LogP contribution in [0.15, 0.2) is 34.0 Å². The van der Waals surface area contributed by atoms with Gasteiger partial charge in [-0.2, -0.15) is 0 Å². The molecule has 1 amide bonds. The van der Waals surface area contributed by atoms with Crippen molar-refractivity contribution in [1.29, 1.82) is 0 Å². The van der Waals surface area contributed by atoms with Gasteiger partial charge in [-0.05, 0) is 18.2 Å².